The van der Waals surface area contributed by atoms with E-state index in [1.165, 1.54) is 28.1 Å². The van der Waals surface area contributed by atoms with Crippen LogP contribution < -0.4 is 5.90 Å². The first-order valence-electron chi connectivity index (χ1n) is 5.01. The maximum atomic E-state index is 10.1. The molecule has 0 aromatic heterocycles. The van der Waals surface area contributed by atoms with Crippen LogP contribution in [-0.2, 0) is 14.5 Å². The summed E-state index contributed by atoms with van der Waals surface area (Å²) in [6, 6.07) is 0. The van der Waals surface area contributed by atoms with Crippen molar-refractivity contribution in [2.45, 2.75) is 27.7 Å². The first-order chi connectivity index (χ1) is 8.81. The second-order valence-electron chi connectivity index (χ2n) is 3.02. The van der Waals surface area contributed by atoms with Gasteiger partial charge in [0.25, 0.3) is 0 Å². The molecule has 0 heterocycles. The molecule has 19 heavy (non-hydrogen) atoms. The SMILES string of the molecule is CC(=O)/C(C)=N/O.CO/N=C(C)/C(C)=N/O.CON. The third-order valence-electron chi connectivity index (χ3n) is 1.56. The molecule has 0 bridgehead atoms. The minimum atomic E-state index is -0.206. The van der Waals surface area contributed by atoms with Crippen molar-refractivity contribution in [3.8, 4) is 0 Å². The number of oxime groups is 3. The van der Waals surface area contributed by atoms with E-state index in [9.17, 15) is 4.79 Å². The lowest BCUT2D eigenvalue weighted by molar-refractivity contribution is -0.111. The van der Waals surface area contributed by atoms with Crippen molar-refractivity contribution in [2.75, 3.05) is 14.2 Å². The molecule has 0 aromatic rings. The summed E-state index contributed by atoms with van der Waals surface area (Å²) < 4.78 is 0. The highest BCUT2D eigenvalue weighted by atomic mass is 16.6. The number of nitrogens with zero attached hydrogens (tertiary/aromatic N) is 3. The van der Waals surface area contributed by atoms with Gasteiger partial charge in [-0.3, -0.25) is 4.79 Å². The molecular weight excluding hydrogens is 256 g/mol. The van der Waals surface area contributed by atoms with Gasteiger partial charge in [0.05, 0.1) is 7.11 Å². The summed E-state index contributed by atoms with van der Waals surface area (Å²) in [6.07, 6.45) is 0. The molecule has 0 rings (SSSR count). The monoisotopic (exact) mass is 278 g/mol. The van der Waals surface area contributed by atoms with E-state index < -0.39 is 0 Å². The van der Waals surface area contributed by atoms with E-state index in [2.05, 4.69) is 31.0 Å². The van der Waals surface area contributed by atoms with Crippen molar-refractivity contribution in [1.82, 2.24) is 0 Å². The summed E-state index contributed by atoms with van der Waals surface area (Å²) in [6.45, 7) is 6.12. The second kappa shape index (κ2) is 16.0. The zero-order valence-corrected chi connectivity index (χ0v) is 12.0. The molecule has 9 heteroatoms. The standard InChI is InChI=1S/C5H10N2O2.C4H7NO2.CH5NO/c1-4(6-8)5(2)7-9-3;1-3(5-7)4(2)6;1-3-2/h8H,1-3H3;7H,1-2H3;2H2,1H3/b6-4+,7-5+;5-3+;. The number of Topliss-reactive ketones (excluding diaryl/α,β-unsaturated/α-hetero) is 1. The number of rotatable bonds is 3. The van der Waals surface area contributed by atoms with E-state index in [0.29, 0.717) is 11.4 Å². The molecule has 112 valence electrons. The maximum absolute atomic E-state index is 10.1. The lowest BCUT2D eigenvalue weighted by Gasteiger charge is -1.92. The minimum Gasteiger partial charge on any atom is -0.411 e. The summed E-state index contributed by atoms with van der Waals surface area (Å²) in [5.41, 5.74) is 1.16. The van der Waals surface area contributed by atoms with Gasteiger partial charge < -0.3 is 20.1 Å². The average Bonchev–Trinajstić information content (AvgIpc) is 2.38. The molecule has 0 fully saturated rings. The fourth-order valence-electron chi connectivity index (χ4n) is 0.346. The number of nitrogens with two attached hydrogens (primary N) is 1. The van der Waals surface area contributed by atoms with Gasteiger partial charge in [0.15, 0.2) is 5.78 Å². The molecule has 0 aliphatic heterocycles. The van der Waals surface area contributed by atoms with Gasteiger partial charge in [-0.2, -0.15) is 0 Å². The van der Waals surface area contributed by atoms with Crippen molar-refractivity contribution in [2.24, 2.45) is 21.4 Å². The highest BCUT2D eigenvalue weighted by molar-refractivity contribution is 6.40. The van der Waals surface area contributed by atoms with Crippen molar-refractivity contribution < 1.29 is 24.9 Å². The summed E-state index contributed by atoms with van der Waals surface area (Å²) in [4.78, 5) is 18.3. The Labute approximate surface area is 112 Å². The largest absolute Gasteiger partial charge is 0.411 e. The quantitative estimate of drug-likeness (QED) is 0.396. The molecule has 4 N–H and O–H groups in total. The molecule has 0 atom stereocenters. The average molecular weight is 278 g/mol. The molecular formula is C10H22N4O5. The van der Waals surface area contributed by atoms with Crippen LogP contribution in [0.4, 0.5) is 0 Å². The van der Waals surface area contributed by atoms with Crippen LogP contribution in [0, 0.1) is 0 Å². The predicted octanol–water partition coefficient (Wildman–Crippen LogP) is 0.791. The van der Waals surface area contributed by atoms with Gasteiger partial charge in [-0.15, -0.1) is 0 Å². The van der Waals surface area contributed by atoms with Crippen LogP contribution in [0.15, 0.2) is 15.5 Å². The van der Waals surface area contributed by atoms with Gasteiger partial charge in [-0.25, -0.2) is 5.90 Å². The van der Waals surface area contributed by atoms with Crippen LogP contribution in [0.1, 0.15) is 27.7 Å². The zero-order chi connectivity index (χ0) is 15.8. The lowest BCUT2D eigenvalue weighted by Crippen LogP contribution is -2.05. The van der Waals surface area contributed by atoms with Gasteiger partial charge in [0.2, 0.25) is 0 Å². The fourth-order valence-corrected chi connectivity index (χ4v) is 0.346. The molecule has 0 aliphatic rings. The van der Waals surface area contributed by atoms with E-state index in [1.807, 2.05) is 0 Å². The third kappa shape index (κ3) is 18.6. The van der Waals surface area contributed by atoms with Crippen LogP contribution in [0.2, 0.25) is 0 Å². The van der Waals surface area contributed by atoms with Crippen molar-refractivity contribution in [3.05, 3.63) is 0 Å². The van der Waals surface area contributed by atoms with Gasteiger partial charge in [-0.1, -0.05) is 15.5 Å². The molecule has 0 amide bonds. The predicted molar refractivity (Wildman–Crippen MR) is 71.8 cm³/mol. The number of carbonyl (C=O) groups excluding carboxylic acids is 1. The molecule has 0 radical (unpaired) electrons. The number of hydrogen-bond donors (Lipinski definition) is 3. The third-order valence-corrected chi connectivity index (χ3v) is 1.56. The van der Waals surface area contributed by atoms with Crippen molar-refractivity contribution >= 4 is 22.9 Å². The smallest absolute Gasteiger partial charge is 0.177 e. The van der Waals surface area contributed by atoms with Gasteiger partial charge >= 0.3 is 0 Å². The Kier molecular flexibility index (Phi) is 18.7. The van der Waals surface area contributed by atoms with Crippen LogP contribution in [0.25, 0.3) is 0 Å². The molecule has 0 aromatic carbocycles. The van der Waals surface area contributed by atoms with E-state index >= 15 is 0 Å². The van der Waals surface area contributed by atoms with E-state index in [4.69, 9.17) is 10.4 Å². The number of ketones is 1. The Bertz CT molecular complexity index is 326. The summed E-state index contributed by atoms with van der Waals surface area (Å²) >= 11 is 0. The van der Waals surface area contributed by atoms with Gasteiger partial charge in [0.1, 0.15) is 24.2 Å². The van der Waals surface area contributed by atoms with E-state index in [0.717, 1.165) is 0 Å². The Morgan fingerprint density at radius 3 is 1.47 bits per heavy atom. The first kappa shape index (κ1) is 22.2. The Balaban J connectivity index is -0.000000228. The van der Waals surface area contributed by atoms with Crippen LogP contribution in [-0.4, -0.2) is 47.6 Å². The van der Waals surface area contributed by atoms with Crippen molar-refractivity contribution in [3.63, 3.8) is 0 Å². The molecule has 9 nitrogen and oxygen atoms in total. The topological polar surface area (TPSA) is 139 Å². The molecule has 0 saturated heterocycles. The van der Waals surface area contributed by atoms with Crippen LogP contribution >= 0.6 is 0 Å². The minimum absolute atomic E-state index is 0.139. The number of hydrogen-bond acceptors (Lipinski definition) is 9. The molecule has 0 unspecified atom stereocenters. The summed E-state index contributed by atoms with van der Waals surface area (Å²) in [7, 11) is 2.84. The Morgan fingerprint density at radius 2 is 1.32 bits per heavy atom. The highest BCUT2D eigenvalue weighted by Gasteiger charge is 1.95. The lowest BCUT2D eigenvalue weighted by atomic mass is 10.3. The summed E-state index contributed by atoms with van der Waals surface area (Å²) in [5.74, 6) is 4.14. The van der Waals surface area contributed by atoms with Crippen molar-refractivity contribution in [1.29, 1.82) is 0 Å². The zero-order valence-electron chi connectivity index (χ0n) is 12.0. The van der Waals surface area contributed by atoms with E-state index in [1.54, 1.807) is 13.8 Å². The van der Waals surface area contributed by atoms with Crippen LogP contribution in [0.5, 0.6) is 0 Å². The number of carbonyl (C=O) groups is 1. The fraction of sp³-hybridized carbons (Fsp3) is 0.600. The van der Waals surface area contributed by atoms with Gasteiger partial charge in [0, 0.05) is 6.92 Å². The molecule has 0 aliphatic carbocycles. The Morgan fingerprint density at radius 1 is 0.947 bits per heavy atom. The Hall–Kier alpha value is -2.00. The highest BCUT2D eigenvalue weighted by Crippen LogP contribution is 1.82. The first-order valence-corrected chi connectivity index (χ1v) is 5.01. The summed E-state index contributed by atoms with van der Waals surface area (Å²) in [5, 5.41) is 25.1. The normalized spacial score (nSPS) is 11.6. The van der Waals surface area contributed by atoms with E-state index in [-0.39, 0.29) is 11.5 Å². The molecule has 0 spiro atoms. The van der Waals surface area contributed by atoms with Crippen LogP contribution in [0.3, 0.4) is 0 Å². The molecule has 0 saturated carbocycles. The maximum Gasteiger partial charge on any atom is 0.177 e. The van der Waals surface area contributed by atoms with Gasteiger partial charge in [-0.05, 0) is 20.8 Å². The second-order valence-corrected chi connectivity index (χ2v) is 3.02.